The number of rotatable bonds is 10. The van der Waals surface area contributed by atoms with Gasteiger partial charge >= 0.3 is 5.97 Å². The van der Waals surface area contributed by atoms with Gasteiger partial charge in [-0.3, -0.25) is 14.8 Å². The molecule has 0 bridgehead atoms. The summed E-state index contributed by atoms with van der Waals surface area (Å²) in [5, 5.41) is 19.2. The first-order valence-electron chi connectivity index (χ1n) is 12.0. The van der Waals surface area contributed by atoms with Gasteiger partial charge in [-0.2, -0.15) is 0 Å². The van der Waals surface area contributed by atoms with E-state index in [9.17, 15) is 19.5 Å². The van der Waals surface area contributed by atoms with Crippen molar-refractivity contribution in [3.05, 3.63) is 71.3 Å². The molecule has 0 aromatic heterocycles. The lowest BCUT2D eigenvalue weighted by Gasteiger charge is -2.47. The van der Waals surface area contributed by atoms with Gasteiger partial charge in [0, 0.05) is 17.7 Å². The summed E-state index contributed by atoms with van der Waals surface area (Å²) >= 11 is 0. The Balaban J connectivity index is 1.64. The molecule has 0 radical (unpaired) electrons. The molecule has 12 heteroatoms. The van der Waals surface area contributed by atoms with Crippen molar-refractivity contribution in [3.63, 3.8) is 0 Å². The first-order chi connectivity index (χ1) is 19.3. The van der Waals surface area contributed by atoms with E-state index in [4.69, 9.17) is 28.9 Å². The van der Waals surface area contributed by atoms with Crippen LogP contribution in [0, 0.1) is 5.92 Å². The van der Waals surface area contributed by atoms with Crippen LogP contribution in [-0.4, -0.2) is 63.1 Å². The number of nitrogens with one attached hydrogen (secondary N) is 1. The third-order valence-corrected chi connectivity index (χ3v) is 6.56. The highest BCUT2D eigenvalue weighted by atomic mass is 16.5. The molecule has 40 heavy (non-hydrogen) atoms. The zero-order chi connectivity index (χ0) is 29.0. The molecule has 210 valence electrons. The smallest absolute Gasteiger partial charge is 0.338 e. The predicted octanol–water partition coefficient (Wildman–Crippen LogP) is 3.11. The monoisotopic (exact) mass is 552 g/mol. The number of benzene rings is 3. The normalized spacial score (nSPS) is 16.0. The van der Waals surface area contributed by atoms with Crippen molar-refractivity contribution >= 4 is 23.5 Å². The summed E-state index contributed by atoms with van der Waals surface area (Å²) in [6.45, 7) is -0.255. The van der Waals surface area contributed by atoms with Crippen LogP contribution in [0.1, 0.15) is 32.3 Å². The van der Waals surface area contributed by atoms with Gasteiger partial charge in [-0.15, -0.1) is 0 Å². The van der Waals surface area contributed by atoms with E-state index in [1.807, 2.05) is 0 Å². The van der Waals surface area contributed by atoms with E-state index in [2.05, 4.69) is 0 Å². The SMILES string of the molecule is COc1ccc([C@H]2[C@H](COC(=O)c3ccc(C(=O)NO)cc3)C(=O)N2c2cc(OC)c(OC)c(OC)c2)cc1O. The molecule has 1 fully saturated rings. The number of ether oxygens (including phenoxy) is 5. The number of hydrogen-bond acceptors (Lipinski definition) is 10. The molecule has 1 heterocycles. The number of carbonyl (C=O) groups is 3. The predicted molar refractivity (Wildman–Crippen MR) is 140 cm³/mol. The molecule has 0 spiro atoms. The van der Waals surface area contributed by atoms with Crippen LogP contribution in [0.5, 0.6) is 28.7 Å². The van der Waals surface area contributed by atoms with Crippen LogP contribution in [0.15, 0.2) is 54.6 Å². The van der Waals surface area contributed by atoms with Crippen LogP contribution >= 0.6 is 0 Å². The Morgan fingerprint density at radius 3 is 1.98 bits per heavy atom. The van der Waals surface area contributed by atoms with Crippen molar-refractivity contribution in [2.45, 2.75) is 6.04 Å². The van der Waals surface area contributed by atoms with E-state index >= 15 is 0 Å². The maximum absolute atomic E-state index is 13.5. The Morgan fingerprint density at radius 1 is 0.850 bits per heavy atom. The molecule has 1 saturated heterocycles. The number of phenols is 1. The highest BCUT2D eigenvalue weighted by Crippen LogP contribution is 2.49. The molecule has 12 nitrogen and oxygen atoms in total. The first kappa shape index (κ1) is 28.0. The van der Waals surface area contributed by atoms with Crippen LogP contribution in [0.25, 0.3) is 0 Å². The highest BCUT2D eigenvalue weighted by Gasteiger charge is 2.50. The summed E-state index contributed by atoms with van der Waals surface area (Å²) in [6.07, 6.45) is 0. The molecule has 1 aliphatic heterocycles. The van der Waals surface area contributed by atoms with E-state index in [0.29, 0.717) is 28.5 Å². The molecule has 3 N–H and O–H groups in total. The van der Waals surface area contributed by atoms with Gasteiger partial charge in [0.15, 0.2) is 23.0 Å². The molecule has 3 aromatic carbocycles. The van der Waals surface area contributed by atoms with Crippen molar-refractivity contribution in [1.82, 2.24) is 5.48 Å². The standard InChI is InChI=1S/C28H28N2O10/c1-36-21-10-9-17(11-20(21)31)24-19(14-40-28(34)16-7-5-15(6-8-16)26(32)29-35)27(33)30(24)18-12-22(37-2)25(39-4)23(13-18)38-3/h5-13,19,24,31,35H,14H2,1-4H3,(H,29,32)/t19-,24-/m0/s1. The number of β-lactam (4-membered cyclic amide) rings is 1. The molecule has 4 rings (SSSR count). The fourth-order valence-electron chi connectivity index (χ4n) is 4.55. The van der Waals surface area contributed by atoms with E-state index in [0.717, 1.165) is 0 Å². The summed E-state index contributed by atoms with van der Waals surface area (Å²) in [4.78, 5) is 39.2. The van der Waals surface area contributed by atoms with Crippen LogP contribution in [-0.2, 0) is 9.53 Å². The number of hydrogen-bond donors (Lipinski definition) is 3. The zero-order valence-corrected chi connectivity index (χ0v) is 22.2. The Labute approximate surface area is 229 Å². The summed E-state index contributed by atoms with van der Waals surface area (Å²) in [7, 11) is 5.82. The minimum atomic E-state index is -0.782. The van der Waals surface area contributed by atoms with Crippen molar-refractivity contribution in [2.75, 3.05) is 39.9 Å². The number of methoxy groups -OCH3 is 4. The number of aromatic hydroxyl groups is 1. The Bertz CT molecular complexity index is 1400. The average Bonchev–Trinajstić information content (AvgIpc) is 2.98. The molecular formula is C28H28N2O10. The van der Waals surface area contributed by atoms with Crippen LogP contribution < -0.4 is 29.3 Å². The maximum Gasteiger partial charge on any atom is 0.338 e. The van der Waals surface area contributed by atoms with Crippen molar-refractivity contribution in [1.29, 1.82) is 0 Å². The lowest BCUT2D eigenvalue weighted by atomic mass is 9.82. The van der Waals surface area contributed by atoms with Gasteiger partial charge in [-0.25, -0.2) is 10.3 Å². The quantitative estimate of drug-likeness (QED) is 0.148. The molecule has 2 atom stereocenters. The molecule has 2 amide bonds. The molecule has 3 aromatic rings. The maximum atomic E-state index is 13.5. The van der Waals surface area contributed by atoms with Gasteiger partial charge < -0.3 is 33.7 Å². The van der Waals surface area contributed by atoms with E-state index in [-0.39, 0.29) is 35.1 Å². The Morgan fingerprint density at radius 2 is 1.45 bits per heavy atom. The second-order valence-corrected chi connectivity index (χ2v) is 8.69. The second-order valence-electron chi connectivity index (χ2n) is 8.69. The minimum absolute atomic E-state index is 0.119. The Hall–Kier alpha value is -4.97. The molecular weight excluding hydrogens is 524 g/mol. The van der Waals surface area contributed by atoms with Gasteiger partial charge in [0.25, 0.3) is 5.91 Å². The summed E-state index contributed by atoms with van der Waals surface area (Å²) in [5.41, 5.74) is 2.84. The Kier molecular flexibility index (Phi) is 8.29. The van der Waals surface area contributed by atoms with Gasteiger partial charge in [-0.1, -0.05) is 6.07 Å². The van der Waals surface area contributed by atoms with Gasteiger partial charge in [0.1, 0.15) is 6.61 Å². The fourth-order valence-corrected chi connectivity index (χ4v) is 4.55. The van der Waals surface area contributed by atoms with Gasteiger partial charge in [0.05, 0.1) is 51.6 Å². The van der Waals surface area contributed by atoms with Crippen molar-refractivity contribution in [3.8, 4) is 28.7 Å². The molecule has 0 saturated carbocycles. The van der Waals surface area contributed by atoms with Gasteiger partial charge in [0.2, 0.25) is 11.7 Å². The number of nitrogens with zero attached hydrogens (tertiary/aromatic N) is 1. The third-order valence-electron chi connectivity index (χ3n) is 6.56. The number of phenolic OH excluding ortho intramolecular Hbond substituents is 1. The van der Waals surface area contributed by atoms with E-state index < -0.39 is 23.8 Å². The van der Waals surface area contributed by atoms with E-state index in [1.54, 1.807) is 24.3 Å². The lowest BCUT2D eigenvalue weighted by Crippen LogP contribution is -2.57. The number of hydroxylamine groups is 1. The largest absolute Gasteiger partial charge is 0.504 e. The molecule has 0 unspecified atom stereocenters. The summed E-state index contributed by atoms with van der Waals surface area (Å²) < 4.78 is 26.9. The fraction of sp³-hybridized carbons (Fsp3) is 0.250. The number of esters is 1. The second kappa shape index (κ2) is 11.8. The summed E-state index contributed by atoms with van der Waals surface area (Å²) in [5.74, 6) is -1.37. The average molecular weight is 553 g/mol. The van der Waals surface area contributed by atoms with Crippen LogP contribution in [0.4, 0.5) is 5.69 Å². The van der Waals surface area contributed by atoms with E-state index in [1.165, 1.54) is 69.2 Å². The topological polar surface area (TPSA) is 153 Å². The van der Waals surface area contributed by atoms with Crippen LogP contribution in [0.2, 0.25) is 0 Å². The number of anilines is 1. The van der Waals surface area contributed by atoms with Crippen molar-refractivity contribution < 1.29 is 48.4 Å². The number of carbonyl (C=O) groups excluding carboxylic acids is 3. The zero-order valence-electron chi connectivity index (χ0n) is 22.2. The number of amides is 2. The lowest BCUT2D eigenvalue weighted by molar-refractivity contribution is -0.132. The third kappa shape index (κ3) is 5.16. The first-order valence-corrected chi connectivity index (χ1v) is 12.0. The van der Waals surface area contributed by atoms with Crippen molar-refractivity contribution in [2.24, 2.45) is 5.92 Å². The van der Waals surface area contributed by atoms with Crippen LogP contribution in [0.3, 0.4) is 0 Å². The molecule has 0 aliphatic carbocycles. The summed E-state index contributed by atoms with van der Waals surface area (Å²) in [6, 6.07) is 12.8. The molecule has 1 aliphatic rings. The highest BCUT2D eigenvalue weighted by molar-refractivity contribution is 6.04. The van der Waals surface area contributed by atoms with Gasteiger partial charge in [-0.05, 0) is 42.0 Å². The minimum Gasteiger partial charge on any atom is -0.504 e.